The molecule has 0 aliphatic heterocycles. The van der Waals surface area contributed by atoms with Gasteiger partial charge in [0.25, 0.3) is 0 Å². The van der Waals surface area contributed by atoms with Crippen LogP contribution >= 0.6 is 0 Å². The fourth-order valence-electron chi connectivity index (χ4n) is 1.94. The van der Waals surface area contributed by atoms with E-state index in [2.05, 4.69) is 15.4 Å². The fraction of sp³-hybridized carbons (Fsp3) is 0.385. The van der Waals surface area contributed by atoms with Gasteiger partial charge in [0.05, 0.1) is 12.2 Å². The van der Waals surface area contributed by atoms with Crippen molar-refractivity contribution < 1.29 is 4.39 Å². The van der Waals surface area contributed by atoms with Gasteiger partial charge in [0.2, 0.25) is 0 Å². The van der Waals surface area contributed by atoms with Crippen LogP contribution in [0.15, 0.2) is 24.3 Å². The van der Waals surface area contributed by atoms with Crippen LogP contribution in [0.5, 0.6) is 0 Å². The Labute approximate surface area is 105 Å². The Kier molecular flexibility index (Phi) is 2.83. The second kappa shape index (κ2) is 4.49. The predicted molar refractivity (Wildman–Crippen MR) is 66.1 cm³/mol. The largest absolute Gasteiger partial charge is 0.313 e. The van der Waals surface area contributed by atoms with E-state index in [1.807, 2.05) is 7.05 Å². The van der Waals surface area contributed by atoms with Crippen LogP contribution in [0.1, 0.15) is 30.4 Å². The monoisotopic (exact) mass is 246 g/mol. The van der Waals surface area contributed by atoms with Crippen molar-refractivity contribution in [3.05, 3.63) is 41.7 Å². The van der Waals surface area contributed by atoms with E-state index in [4.69, 9.17) is 0 Å². The summed E-state index contributed by atoms with van der Waals surface area (Å²) in [5, 5.41) is 7.61. The number of aromatic nitrogens is 3. The SMILES string of the molecule is CNCc1nc(C2CC2)nn1-c1ccc(F)cc1. The molecule has 0 spiro atoms. The summed E-state index contributed by atoms with van der Waals surface area (Å²) >= 11 is 0. The number of nitrogens with zero attached hydrogens (tertiary/aromatic N) is 3. The minimum absolute atomic E-state index is 0.239. The lowest BCUT2D eigenvalue weighted by atomic mass is 10.3. The maximum atomic E-state index is 12.9. The summed E-state index contributed by atoms with van der Waals surface area (Å²) < 4.78 is 14.7. The third-order valence-corrected chi connectivity index (χ3v) is 3.04. The molecule has 0 radical (unpaired) electrons. The van der Waals surface area contributed by atoms with E-state index in [1.54, 1.807) is 16.8 Å². The van der Waals surface area contributed by atoms with Crippen LogP contribution in [0.4, 0.5) is 4.39 Å². The molecule has 1 aromatic heterocycles. The van der Waals surface area contributed by atoms with Crippen LogP contribution in [-0.4, -0.2) is 21.8 Å². The summed E-state index contributed by atoms with van der Waals surface area (Å²) in [6.07, 6.45) is 2.35. The van der Waals surface area contributed by atoms with Crippen LogP contribution in [0.2, 0.25) is 0 Å². The molecule has 1 N–H and O–H groups in total. The number of rotatable bonds is 4. The standard InChI is InChI=1S/C13H15FN4/c1-15-8-12-16-13(9-2-3-9)17-18(12)11-6-4-10(14)5-7-11/h4-7,9,15H,2-3,8H2,1H3. The summed E-state index contributed by atoms with van der Waals surface area (Å²) in [6, 6.07) is 6.33. The zero-order valence-electron chi connectivity index (χ0n) is 10.2. The second-order valence-electron chi connectivity index (χ2n) is 4.58. The molecule has 1 fully saturated rings. The van der Waals surface area contributed by atoms with Crippen LogP contribution in [0.3, 0.4) is 0 Å². The Hall–Kier alpha value is -1.75. The summed E-state index contributed by atoms with van der Waals surface area (Å²) in [5.41, 5.74) is 0.848. The van der Waals surface area contributed by atoms with Gasteiger partial charge >= 0.3 is 0 Å². The Bertz CT molecular complexity index is 543. The van der Waals surface area contributed by atoms with Crippen molar-refractivity contribution in [2.24, 2.45) is 0 Å². The molecule has 1 aliphatic carbocycles. The lowest BCUT2D eigenvalue weighted by Crippen LogP contribution is -2.12. The molecule has 1 heterocycles. The van der Waals surface area contributed by atoms with Gasteiger partial charge in [-0.3, -0.25) is 0 Å². The lowest BCUT2D eigenvalue weighted by molar-refractivity contribution is 0.626. The van der Waals surface area contributed by atoms with E-state index < -0.39 is 0 Å². The number of hydrogen-bond acceptors (Lipinski definition) is 3. The molecule has 94 valence electrons. The van der Waals surface area contributed by atoms with Crippen molar-refractivity contribution in [3.8, 4) is 5.69 Å². The van der Waals surface area contributed by atoms with E-state index in [0.717, 1.165) is 17.3 Å². The molecule has 0 amide bonds. The smallest absolute Gasteiger partial charge is 0.154 e. The van der Waals surface area contributed by atoms with Gasteiger partial charge in [0, 0.05) is 5.92 Å². The Morgan fingerprint density at radius 2 is 2.06 bits per heavy atom. The molecule has 0 unspecified atom stereocenters. The maximum Gasteiger partial charge on any atom is 0.154 e. The second-order valence-corrected chi connectivity index (χ2v) is 4.58. The van der Waals surface area contributed by atoms with Crippen LogP contribution in [0.25, 0.3) is 5.69 Å². The molecule has 1 aromatic carbocycles. The highest BCUT2D eigenvalue weighted by Gasteiger charge is 2.29. The van der Waals surface area contributed by atoms with Gasteiger partial charge in [-0.05, 0) is 44.2 Å². The van der Waals surface area contributed by atoms with Crippen LogP contribution < -0.4 is 5.32 Å². The molecule has 5 heteroatoms. The maximum absolute atomic E-state index is 12.9. The molecular weight excluding hydrogens is 231 g/mol. The van der Waals surface area contributed by atoms with Crippen molar-refractivity contribution in [2.45, 2.75) is 25.3 Å². The fourth-order valence-corrected chi connectivity index (χ4v) is 1.94. The van der Waals surface area contributed by atoms with E-state index >= 15 is 0 Å². The van der Waals surface area contributed by atoms with Gasteiger partial charge in [-0.2, -0.15) is 5.10 Å². The predicted octanol–water partition coefficient (Wildman–Crippen LogP) is 2.00. The highest BCUT2D eigenvalue weighted by Crippen LogP contribution is 2.38. The van der Waals surface area contributed by atoms with Gasteiger partial charge in [-0.15, -0.1) is 0 Å². The molecule has 0 atom stereocenters. The van der Waals surface area contributed by atoms with Crippen molar-refractivity contribution in [3.63, 3.8) is 0 Å². The number of hydrogen-bond donors (Lipinski definition) is 1. The summed E-state index contributed by atoms with van der Waals surface area (Å²) in [5.74, 6) is 2.05. The summed E-state index contributed by atoms with van der Waals surface area (Å²) in [6.45, 7) is 0.650. The highest BCUT2D eigenvalue weighted by atomic mass is 19.1. The summed E-state index contributed by atoms with van der Waals surface area (Å²) in [7, 11) is 1.88. The van der Waals surface area contributed by atoms with E-state index in [1.165, 1.54) is 25.0 Å². The first-order valence-electron chi connectivity index (χ1n) is 6.14. The number of halogens is 1. The molecule has 1 saturated carbocycles. The quantitative estimate of drug-likeness (QED) is 0.897. The van der Waals surface area contributed by atoms with Crippen LogP contribution in [-0.2, 0) is 6.54 Å². The number of nitrogens with one attached hydrogen (secondary N) is 1. The van der Waals surface area contributed by atoms with Gasteiger partial charge in [-0.1, -0.05) is 0 Å². The summed E-state index contributed by atoms with van der Waals surface area (Å²) in [4.78, 5) is 4.56. The molecule has 1 aliphatic rings. The van der Waals surface area contributed by atoms with Gasteiger partial charge in [0.15, 0.2) is 5.82 Å². The normalized spacial score (nSPS) is 15.0. The van der Waals surface area contributed by atoms with Crippen molar-refractivity contribution in [2.75, 3.05) is 7.05 Å². The van der Waals surface area contributed by atoms with Gasteiger partial charge in [-0.25, -0.2) is 14.1 Å². The number of benzene rings is 1. The zero-order chi connectivity index (χ0) is 12.5. The molecule has 4 nitrogen and oxygen atoms in total. The Balaban J connectivity index is 2.00. The third kappa shape index (κ3) is 2.13. The minimum Gasteiger partial charge on any atom is -0.313 e. The molecule has 18 heavy (non-hydrogen) atoms. The van der Waals surface area contributed by atoms with Gasteiger partial charge in [0.1, 0.15) is 11.6 Å². The van der Waals surface area contributed by atoms with Gasteiger partial charge < -0.3 is 5.32 Å². The van der Waals surface area contributed by atoms with E-state index in [-0.39, 0.29) is 5.82 Å². The van der Waals surface area contributed by atoms with Crippen molar-refractivity contribution in [1.29, 1.82) is 0 Å². The first-order valence-corrected chi connectivity index (χ1v) is 6.14. The Morgan fingerprint density at radius 1 is 1.33 bits per heavy atom. The first kappa shape index (κ1) is 11.3. The third-order valence-electron chi connectivity index (χ3n) is 3.04. The highest BCUT2D eigenvalue weighted by molar-refractivity contribution is 5.32. The van der Waals surface area contributed by atoms with Crippen LogP contribution in [0, 0.1) is 5.82 Å². The molecule has 0 bridgehead atoms. The lowest BCUT2D eigenvalue weighted by Gasteiger charge is -2.04. The minimum atomic E-state index is -0.239. The van der Waals surface area contributed by atoms with Crippen molar-refractivity contribution in [1.82, 2.24) is 20.1 Å². The van der Waals surface area contributed by atoms with E-state index in [0.29, 0.717) is 12.5 Å². The average Bonchev–Trinajstić information content (AvgIpc) is 3.13. The topological polar surface area (TPSA) is 42.7 Å². The molecule has 2 aromatic rings. The molecule has 3 rings (SSSR count). The van der Waals surface area contributed by atoms with Crippen molar-refractivity contribution >= 4 is 0 Å². The zero-order valence-corrected chi connectivity index (χ0v) is 10.2. The molecule has 0 saturated heterocycles. The van der Waals surface area contributed by atoms with E-state index in [9.17, 15) is 4.39 Å². The average molecular weight is 246 g/mol. The Morgan fingerprint density at radius 3 is 2.67 bits per heavy atom. The first-order chi connectivity index (χ1) is 8.78. The molecular formula is C13H15FN4.